The minimum Gasteiger partial charge on any atom is -0.266 e. The zero-order valence-electron chi connectivity index (χ0n) is 7.36. The van der Waals surface area contributed by atoms with E-state index in [1.54, 1.807) is 22.1 Å². The van der Waals surface area contributed by atoms with Gasteiger partial charge in [0.2, 0.25) is 0 Å². The standard InChI is InChI=1S/C9H6BrN3S/c1-13-8(3-7(4-11)12-13)9-2-6(10)5-14-9/h2-3,5H,1H3. The van der Waals surface area contributed by atoms with E-state index in [9.17, 15) is 0 Å². The fourth-order valence-corrected chi connectivity index (χ4v) is 2.68. The van der Waals surface area contributed by atoms with Gasteiger partial charge in [0.25, 0.3) is 0 Å². The van der Waals surface area contributed by atoms with E-state index in [0.29, 0.717) is 5.69 Å². The van der Waals surface area contributed by atoms with Gasteiger partial charge < -0.3 is 0 Å². The molecule has 0 spiro atoms. The lowest BCUT2D eigenvalue weighted by Crippen LogP contribution is -1.92. The minimum absolute atomic E-state index is 0.451. The second-order valence-corrected chi connectivity index (χ2v) is 4.61. The van der Waals surface area contributed by atoms with Crippen molar-refractivity contribution in [2.75, 3.05) is 0 Å². The van der Waals surface area contributed by atoms with Crippen LogP contribution in [0.1, 0.15) is 5.69 Å². The van der Waals surface area contributed by atoms with Gasteiger partial charge in [-0.15, -0.1) is 11.3 Å². The summed E-state index contributed by atoms with van der Waals surface area (Å²) < 4.78 is 2.77. The van der Waals surface area contributed by atoms with Crippen LogP contribution in [0.15, 0.2) is 22.0 Å². The summed E-state index contributed by atoms with van der Waals surface area (Å²) in [5.41, 5.74) is 1.42. The molecule has 14 heavy (non-hydrogen) atoms. The van der Waals surface area contributed by atoms with Crippen molar-refractivity contribution < 1.29 is 0 Å². The van der Waals surface area contributed by atoms with Crippen molar-refractivity contribution in [1.82, 2.24) is 9.78 Å². The Balaban J connectivity index is 2.52. The summed E-state index contributed by atoms with van der Waals surface area (Å²) in [6, 6.07) is 5.83. The molecular formula is C9H6BrN3S. The molecule has 0 fully saturated rings. The van der Waals surface area contributed by atoms with Crippen molar-refractivity contribution in [3.05, 3.63) is 27.7 Å². The van der Waals surface area contributed by atoms with E-state index in [2.05, 4.69) is 21.0 Å². The van der Waals surface area contributed by atoms with Crippen molar-refractivity contribution in [3.63, 3.8) is 0 Å². The number of hydrogen-bond donors (Lipinski definition) is 0. The molecule has 2 aromatic rings. The van der Waals surface area contributed by atoms with E-state index < -0.39 is 0 Å². The van der Waals surface area contributed by atoms with Gasteiger partial charge in [0.05, 0.1) is 10.6 Å². The van der Waals surface area contributed by atoms with Crippen molar-refractivity contribution in [3.8, 4) is 16.6 Å². The lowest BCUT2D eigenvalue weighted by Gasteiger charge is -1.95. The topological polar surface area (TPSA) is 41.6 Å². The maximum Gasteiger partial charge on any atom is 0.163 e. The molecule has 0 atom stereocenters. The average molecular weight is 268 g/mol. The third kappa shape index (κ3) is 1.59. The van der Waals surface area contributed by atoms with E-state index in [0.717, 1.165) is 15.0 Å². The normalized spacial score (nSPS) is 10.1. The third-order valence-electron chi connectivity index (χ3n) is 1.81. The van der Waals surface area contributed by atoms with Crippen LogP contribution in [0, 0.1) is 11.3 Å². The van der Waals surface area contributed by atoms with Crippen LogP contribution in [-0.2, 0) is 7.05 Å². The van der Waals surface area contributed by atoms with Crippen molar-refractivity contribution in [2.45, 2.75) is 0 Å². The minimum atomic E-state index is 0.451. The van der Waals surface area contributed by atoms with Crippen molar-refractivity contribution in [2.24, 2.45) is 7.05 Å². The maximum absolute atomic E-state index is 8.70. The van der Waals surface area contributed by atoms with E-state index in [1.165, 1.54) is 0 Å². The van der Waals surface area contributed by atoms with Gasteiger partial charge >= 0.3 is 0 Å². The Morgan fingerprint density at radius 1 is 1.57 bits per heavy atom. The van der Waals surface area contributed by atoms with Crippen LogP contribution in [0.25, 0.3) is 10.6 Å². The monoisotopic (exact) mass is 267 g/mol. The van der Waals surface area contributed by atoms with Gasteiger partial charge in [-0.05, 0) is 22.0 Å². The summed E-state index contributed by atoms with van der Waals surface area (Å²) in [5, 5.41) is 14.8. The number of hydrogen-bond acceptors (Lipinski definition) is 3. The highest BCUT2D eigenvalue weighted by atomic mass is 79.9. The van der Waals surface area contributed by atoms with Gasteiger partial charge in [0, 0.05) is 23.0 Å². The smallest absolute Gasteiger partial charge is 0.163 e. The lowest BCUT2D eigenvalue weighted by molar-refractivity contribution is 0.772. The molecule has 0 aliphatic rings. The molecule has 0 aliphatic carbocycles. The first-order valence-corrected chi connectivity index (χ1v) is 5.56. The molecule has 0 radical (unpaired) electrons. The highest BCUT2D eigenvalue weighted by molar-refractivity contribution is 9.10. The zero-order valence-corrected chi connectivity index (χ0v) is 9.76. The van der Waals surface area contributed by atoms with Crippen LogP contribution in [0.5, 0.6) is 0 Å². The van der Waals surface area contributed by atoms with Gasteiger partial charge in [-0.1, -0.05) is 0 Å². The Labute approximate surface area is 93.7 Å². The molecule has 70 valence electrons. The molecule has 5 heteroatoms. The zero-order chi connectivity index (χ0) is 10.1. The number of nitriles is 1. The molecule has 0 amide bonds. The molecule has 0 saturated carbocycles. The van der Waals surface area contributed by atoms with Crippen molar-refractivity contribution >= 4 is 27.3 Å². The summed E-state index contributed by atoms with van der Waals surface area (Å²) in [6.07, 6.45) is 0. The molecule has 0 unspecified atom stereocenters. The lowest BCUT2D eigenvalue weighted by atomic mass is 10.3. The first-order valence-electron chi connectivity index (χ1n) is 3.89. The summed E-state index contributed by atoms with van der Waals surface area (Å²) in [4.78, 5) is 1.10. The Morgan fingerprint density at radius 3 is 2.86 bits per heavy atom. The number of rotatable bonds is 1. The number of aryl methyl sites for hydroxylation is 1. The molecular weight excluding hydrogens is 262 g/mol. The number of aromatic nitrogens is 2. The molecule has 2 heterocycles. The van der Waals surface area contributed by atoms with Gasteiger partial charge in [-0.25, -0.2) is 0 Å². The highest BCUT2D eigenvalue weighted by Gasteiger charge is 2.08. The molecule has 2 aromatic heterocycles. The predicted octanol–water partition coefficient (Wildman–Crippen LogP) is 2.78. The fraction of sp³-hybridized carbons (Fsp3) is 0.111. The molecule has 0 aliphatic heterocycles. The van der Waals surface area contributed by atoms with Crippen LogP contribution in [0.3, 0.4) is 0 Å². The van der Waals surface area contributed by atoms with Gasteiger partial charge in [0.15, 0.2) is 5.69 Å². The second kappa shape index (κ2) is 3.56. The molecule has 0 aromatic carbocycles. The molecule has 0 N–H and O–H groups in total. The second-order valence-electron chi connectivity index (χ2n) is 2.78. The van der Waals surface area contributed by atoms with Gasteiger partial charge in [-0.3, -0.25) is 4.68 Å². The largest absolute Gasteiger partial charge is 0.266 e. The van der Waals surface area contributed by atoms with Crippen LogP contribution in [0.4, 0.5) is 0 Å². The summed E-state index contributed by atoms with van der Waals surface area (Å²) in [7, 11) is 1.84. The third-order valence-corrected chi connectivity index (χ3v) is 3.53. The van der Waals surface area contributed by atoms with Crippen LogP contribution in [0.2, 0.25) is 0 Å². The van der Waals surface area contributed by atoms with E-state index in [-0.39, 0.29) is 0 Å². The van der Waals surface area contributed by atoms with Crippen molar-refractivity contribution in [1.29, 1.82) is 5.26 Å². The van der Waals surface area contributed by atoms with E-state index >= 15 is 0 Å². The Morgan fingerprint density at radius 2 is 2.36 bits per heavy atom. The van der Waals surface area contributed by atoms with Crippen LogP contribution >= 0.6 is 27.3 Å². The average Bonchev–Trinajstić information content (AvgIpc) is 2.71. The molecule has 0 bridgehead atoms. The maximum atomic E-state index is 8.70. The van der Waals surface area contributed by atoms with Crippen LogP contribution in [-0.4, -0.2) is 9.78 Å². The SMILES string of the molecule is Cn1nc(C#N)cc1-c1cc(Br)cs1. The molecule has 0 saturated heterocycles. The number of nitrogens with zero attached hydrogens (tertiary/aromatic N) is 3. The summed E-state index contributed by atoms with van der Waals surface area (Å²) >= 11 is 5.02. The fourth-order valence-electron chi connectivity index (χ4n) is 1.20. The Kier molecular flexibility index (Phi) is 2.40. The Hall–Kier alpha value is -1.12. The first-order chi connectivity index (χ1) is 6.70. The predicted molar refractivity (Wildman–Crippen MR) is 58.9 cm³/mol. The van der Waals surface area contributed by atoms with Gasteiger partial charge in [0.1, 0.15) is 6.07 Å². The molecule has 3 nitrogen and oxygen atoms in total. The van der Waals surface area contributed by atoms with E-state index in [1.807, 2.05) is 24.6 Å². The first kappa shape index (κ1) is 9.44. The van der Waals surface area contributed by atoms with E-state index in [4.69, 9.17) is 5.26 Å². The number of thiophene rings is 1. The van der Waals surface area contributed by atoms with Gasteiger partial charge in [-0.2, -0.15) is 10.4 Å². The quantitative estimate of drug-likeness (QED) is 0.798. The molecule has 2 rings (SSSR count). The van der Waals surface area contributed by atoms with Crippen LogP contribution < -0.4 is 0 Å². The highest BCUT2D eigenvalue weighted by Crippen LogP contribution is 2.29. The Bertz CT molecular complexity index is 506. The number of halogens is 1. The summed E-state index contributed by atoms with van der Waals surface area (Å²) in [5.74, 6) is 0. The summed E-state index contributed by atoms with van der Waals surface area (Å²) in [6.45, 7) is 0.